The van der Waals surface area contributed by atoms with Gasteiger partial charge in [0.25, 0.3) is 0 Å². The van der Waals surface area contributed by atoms with Crippen LogP contribution >= 0.6 is 27.5 Å². The Morgan fingerprint density at radius 1 is 1.55 bits per heavy atom. The van der Waals surface area contributed by atoms with Gasteiger partial charge in [0.05, 0.1) is 9.50 Å². The van der Waals surface area contributed by atoms with Crippen molar-refractivity contribution in [2.24, 2.45) is 0 Å². The highest BCUT2D eigenvalue weighted by Crippen LogP contribution is 2.26. The second-order valence-electron chi connectivity index (χ2n) is 1.92. The lowest BCUT2D eigenvalue weighted by molar-refractivity contribution is 0.112. The van der Waals surface area contributed by atoms with Crippen molar-refractivity contribution in [2.45, 2.75) is 0 Å². The summed E-state index contributed by atoms with van der Waals surface area (Å²) in [5.41, 5.74) is 0.232. The fourth-order valence-corrected chi connectivity index (χ4v) is 1.09. The van der Waals surface area contributed by atoms with Gasteiger partial charge in [0.2, 0.25) is 0 Å². The minimum absolute atomic E-state index is 0.185. The van der Waals surface area contributed by atoms with Crippen molar-refractivity contribution in [1.29, 1.82) is 0 Å². The van der Waals surface area contributed by atoms with E-state index in [1.165, 1.54) is 6.07 Å². The topological polar surface area (TPSA) is 17.1 Å². The molecule has 0 radical (unpaired) electrons. The highest BCUT2D eigenvalue weighted by Gasteiger charge is 2.05. The predicted molar refractivity (Wildman–Crippen MR) is 44.5 cm³/mol. The molecule has 0 heterocycles. The first-order valence-corrected chi connectivity index (χ1v) is 3.92. The molecular formula is C7H3BrClFO. The van der Waals surface area contributed by atoms with Crippen LogP contribution in [0, 0.1) is 5.82 Å². The quantitative estimate of drug-likeness (QED) is 0.542. The van der Waals surface area contributed by atoms with Gasteiger partial charge in [0.1, 0.15) is 12.1 Å². The van der Waals surface area contributed by atoms with Crippen LogP contribution in [-0.4, -0.2) is 6.29 Å². The van der Waals surface area contributed by atoms with Gasteiger partial charge in [-0.3, -0.25) is 4.79 Å². The maximum absolute atomic E-state index is 12.7. The average Bonchev–Trinajstić information content (AvgIpc) is 1.99. The van der Waals surface area contributed by atoms with E-state index in [9.17, 15) is 9.18 Å². The first kappa shape index (κ1) is 8.68. The lowest BCUT2D eigenvalue weighted by atomic mass is 10.2. The van der Waals surface area contributed by atoms with Crippen molar-refractivity contribution < 1.29 is 9.18 Å². The summed E-state index contributed by atoms with van der Waals surface area (Å²) in [6.07, 6.45) is 0.543. The third-order valence-corrected chi connectivity index (χ3v) is 2.47. The van der Waals surface area contributed by atoms with E-state index >= 15 is 0 Å². The molecule has 1 aromatic carbocycles. The molecule has 0 spiro atoms. The molecule has 0 atom stereocenters. The van der Waals surface area contributed by atoms with E-state index < -0.39 is 5.82 Å². The van der Waals surface area contributed by atoms with Crippen LogP contribution in [0.25, 0.3) is 0 Å². The van der Waals surface area contributed by atoms with E-state index in [4.69, 9.17) is 11.6 Å². The number of benzene rings is 1. The molecule has 0 fully saturated rings. The molecule has 0 aliphatic heterocycles. The molecule has 0 bridgehead atoms. The van der Waals surface area contributed by atoms with E-state index in [2.05, 4.69) is 15.9 Å². The minimum atomic E-state index is -0.528. The molecule has 0 saturated heterocycles. The van der Waals surface area contributed by atoms with Crippen LogP contribution in [0.2, 0.25) is 5.02 Å². The van der Waals surface area contributed by atoms with Crippen LogP contribution < -0.4 is 0 Å². The van der Waals surface area contributed by atoms with Crippen LogP contribution in [-0.2, 0) is 0 Å². The molecule has 0 aromatic heterocycles. The number of rotatable bonds is 1. The molecule has 4 heteroatoms. The van der Waals surface area contributed by atoms with E-state index in [-0.39, 0.29) is 15.1 Å². The smallest absolute Gasteiger partial charge is 0.150 e. The Bertz CT molecular complexity index is 277. The van der Waals surface area contributed by atoms with Gasteiger partial charge in [0, 0.05) is 5.56 Å². The number of hydrogen-bond acceptors (Lipinski definition) is 1. The third-order valence-electron chi connectivity index (χ3n) is 1.14. The van der Waals surface area contributed by atoms with Crippen LogP contribution in [0.5, 0.6) is 0 Å². The molecule has 1 rings (SSSR count). The van der Waals surface area contributed by atoms with E-state index in [0.29, 0.717) is 6.29 Å². The van der Waals surface area contributed by atoms with Crippen molar-refractivity contribution >= 4 is 33.8 Å². The molecule has 0 unspecified atom stereocenters. The Balaban J connectivity index is 3.31. The second kappa shape index (κ2) is 3.32. The average molecular weight is 237 g/mol. The number of hydrogen-bond donors (Lipinski definition) is 0. The monoisotopic (exact) mass is 236 g/mol. The van der Waals surface area contributed by atoms with E-state index in [1.807, 2.05) is 0 Å². The van der Waals surface area contributed by atoms with Gasteiger partial charge in [-0.05, 0) is 28.1 Å². The van der Waals surface area contributed by atoms with E-state index in [1.54, 1.807) is 0 Å². The molecule has 0 aliphatic carbocycles. The summed E-state index contributed by atoms with van der Waals surface area (Å²) in [7, 11) is 0. The molecule has 0 aliphatic rings. The van der Waals surface area contributed by atoms with Crippen LogP contribution in [0.4, 0.5) is 4.39 Å². The summed E-state index contributed by atoms with van der Waals surface area (Å²) in [5.74, 6) is -0.528. The van der Waals surface area contributed by atoms with Gasteiger partial charge in [-0.15, -0.1) is 0 Å². The lowest BCUT2D eigenvalue weighted by Crippen LogP contribution is -1.84. The zero-order valence-corrected chi connectivity index (χ0v) is 7.62. The molecule has 11 heavy (non-hydrogen) atoms. The Kier molecular flexibility index (Phi) is 2.62. The molecular weight excluding hydrogens is 234 g/mol. The number of aldehydes is 1. The predicted octanol–water partition coefficient (Wildman–Crippen LogP) is 3.05. The van der Waals surface area contributed by atoms with Crippen molar-refractivity contribution in [3.8, 4) is 0 Å². The summed E-state index contributed by atoms with van der Waals surface area (Å²) >= 11 is 8.47. The maximum atomic E-state index is 12.7. The first-order valence-electron chi connectivity index (χ1n) is 2.75. The molecule has 58 valence electrons. The molecule has 0 saturated carbocycles. The lowest BCUT2D eigenvalue weighted by Gasteiger charge is -1.97. The highest BCUT2D eigenvalue weighted by atomic mass is 79.9. The zero-order valence-electron chi connectivity index (χ0n) is 5.27. The van der Waals surface area contributed by atoms with Crippen LogP contribution in [0.1, 0.15) is 10.4 Å². The summed E-state index contributed by atoms with van der Waals surface area (Å²) in [6, 6.07) is 2.50. The summed E-state index contributed by atoms with van der Waals surface area (Å²) in [5, 5.41) is 0.201. The van der Waals surface area contributed by atoms with Gasteiger partial charge < -0.3 is 0 Å². The van der Waals surface area contributed by atoms with Crippen LogP contribution in [0.3, 0.4) is 0 Å². The molecule has 1 aromatic rings. The van der Waals surface area contributed by atoms with Gasteiger partial charge in [-0.1, -0.05) is 11.6 Å². The number of carbonyl (C=O) groups is 1. The second-order valence-corrected chi connectivity index (χ2v) is 3.12. The largest absolute Gasteiger partial charge is 0.298 e. The Morgan fingerprint density at radius 3 is 2.64 bits per heavy atom. The van der Waals surface area contributed by atoms with Gasteiger partial charge in [-0.25, -0.2) is 4.39 Å². The standard InChI is InChI=1S/C7H3BrClFO/c8-7-5(9)1-4(3-11)2-6(7)10/h1-3H. The van der Waals surface area contributed by atoms with Gasteiger partial charge >= 0.3 is 0 Å². The zero-order chi connectivity index (χ0) is 8.43. The molecule has 1 nitrogen and oxygen atoms in total. The Labute approximate surface area is 76.3 Å². The van der Waals surface area contributed by atoms with Crippen molar-refractivity contribution in [1.82, 2.24) is 0 Å². The van der Waals surface area contributed by atoms with Crippen molar-refractivity contribution in [3.05, 3.63) is 33.0 Å². The molecule has 0 N–H and O–H groups in total. The minimum Gasteiger partial charge on any atom is -0.298 e. The van der Waals surface area contributed by atoms with Crippen LogP contribution in [0.15, 0.2) is 16.6 Å². The van der Waals surface area contributed by atoms with Gasteiger partial charge in [0.15, 0.2) is 0 Å². The van der Waals surface area contributed by atoms with Crippen molar-refractivity contribution in [2.75, 3.05) is 0 Å². The van der Waals surface area contributed by atoms with Gasteiger partial charge in [-0.2, -0.15) is 0 Å². The number of carbonyl (C=O) groups excluding carboxylic acids is 1. The summed E-state index contributed by atoms with van der Waals surface area (Å²) < 4.78 is 12.9. The van der Waals surface area contributed by atoms with E-state index in [0.717, 1.165) is 6.07 Å². The number of halogens is 3. The maximum Gasteiger partial charge on any atom is 0.150 e. The van der Waals surface area contributed by atoms with Crippen molar-refractivity contribution in [3.63, 3.8) is 0 Å². The third kappa shape index (κ3) is 1.79. The summed E-state index contributed by atoms with van der Waals surface area (Å²) in [6.45, 7) is 0. The fraction of sp³-hybridized carbons (Fsp3) is 0. The Hall–Kier alpha value is -0.410. The Morgan fingerprint density at radius 2 is 2.18 bits per heavy atom. The SMILES string of the molecule is O=Cc1cc(F)c(Br)c(Cl)c1. The fourth-order valence-electron chi connectivity index (χ4n) is 0.643. The summed E-state index contributed by atoms with van der Waals surface area (Å²) in [4.78, 5) is 10.2. The normalized spacial score (nSPS) is 9.73. The first-order chi connectivity index (χ1) is 5.15. The highest BCUT2D eigenvalue weighted by molar-refractivity contribution is 9.10. The molecule has 0 amide bonds.